The minimum Gasteiger partial charge on any atom is -0.489 e. The summed E-state index contributed by atoms with van der Waals surface area (Å²) >= 11 is 0. The van der Waals surface area contributed by atoms with E-state index in [2.05, 4.69) is 11.7 Å². The molecule has 1 heterocycles. The number of amides is 1. The number of fused-ring (bicyclic) bond motifs is 1. The van der Waals surface area contributed by atoms with Gasteiger partial charge in [0, 0.05) is 5.56 Å². The summed E-state index contributed by atoms with van der Waals surface area (Å²) in [5.74, 6) is -11.6. The van der Waals surface area contributed by atoms with Crippen molar-refractivity contribution in [3.63, 3.8) is 0 Å². The first kappa shape index (κ1) is 22.2. The van der Waals surface area contributed by atoms with Gasteiger partial charge in [-0.25, -0.2) is 22.0 Å². The maximum absolute atomic E-state index is 14.3. The second kappa shape index (κ2) is 8.50. The molecule has 0 spiro atoms. The minimum atomic E-state index is -2.32. The van der Waals surface area contributed by atoms with E-state index < -0.39 is 40.7 Å². The quantitative estimate of drug-likeness (QED) is 0.157. The van der Waals surface area contributed by atoms with Gasteiger partial charge in [0.2, 0.25) is 5.82 Å². The molecule has 168 valence electrons. The Morgan fingerprint density at radius 1 is 0.970 bits per heavy atom. The lowest BCUT2D eigenvalue weighted by atomic mass is 9.99. The average Bonchev–Trinajstić information content (AvgIpc) is 3.09. The Kier molecular flexibility index (Phi) is 5.71. The van der Waals surface area contributed by atoms with Crippen molar-refractivity contribution in [2.45, 2.75) is 6.92 Å². The molecule has 0 aliphatic carbocycles. The van der Waals surface area contributed by atoms with Crippen molar-refractivity contribution in [1.29, 1.82) is 0 Å². The zero-order valence-corrected chi connectivity index (χ0v) is 17.1. The van der Waals surface area contributed by atoms with E-state index in [-0.39, 0.29) is 22.9 Å². The molecule has 3 aromatic rings. The SMILES string of the molecule is C=CCOc1ccc2ccccc2c1/C=C1\C(=O)N(c2c(F)c(F)c(F)c(F)c2F)N=C1C. The van der Waals surface area contributed by atoms with Crippen LogP contribution in [0.25, 0.3) is 16.8 Å². The third-order valence-electron chi connectivity index (χ3n) is 5.04. The number of carbonyl (C=O) groups excluding carboxylic acids is 1. The Labute approximate surface area is 184 Å². The van der Waals surface area contributed by atoms with E-state index in [4.69, 9.17) is 4.74 Å². The normalized spacial score (nSPS) is 14.8. The van der Waals surface area contributed by atoms with Crippen LogP contribution in [0.4, 0.5) is 27.6 Å². The smallest absolute Gasteiger partial charge is 0.280 e. The van der Waals surface area contributed by atoms with Crippen molar-refractivity contribution in [2.75, 3.05) is 11.6 Å². The molecule has 0 N–H and O–H groups in total. The molecule has 0 unspecified atom stereocenters. The average molecular weight is 458 g/mol. The number of nitrogens with zero attached hydrogens (tertiary/aromatic N) is 2. The van der Waals surface area contributed by atoms with Gasteiger partial charge in [0.25, 0.3) is 5.91 Å². The fraction of sp³-hybridized carbons (Fsp3) is 0.0833. The summed E-state index contributed by atoms with van der Waals surface area (Å²) in [6, 6.07) is 10.7. The number of carbonyl (C=O) groups is 1. The summed E-state index contributed by atoms with van der Waals surface area (Å²) in [6.45, 7) is 5.15. The highest BCUT2D eigenvalue weighted by Gasteiger charge is 2.37. The number of ether oxygens (including phenoxy) is 1. The molecule has 4 rings (SSSR count). The largest absolute Gasteiger partial charge is 0.489 e. The monoisotopic (exact) mass is 458 g/mol. The van der Waals surface area contributed by atoms with Gasteiger partial charge >= 0.3 is 0 Å². The zero-order chi connectivity index (χ0) is 23.9. The summed E-state index contributed by atoms with van der Waals surface area (Å²) in [5.41, 5.74) is -1.04. The molecule has 1 amide bonds. The van der Waals surface area contributed by atoms with Gasteiger partial charge in [-0.1, -0.05) is 43.0 Å². The molecule has 0 saturated carbocycles. The van der Waals surface area contributed by atoms with E-state index in [1.807, 2.05) is 18.2 Å². The van der Waals surface area contributed by atoms with Gasteiger partial charge in [0.05, 0.1) is 11.3 Å². The van der Waals surface area contributed by atoms with Crippen molar-refractivity contribution < 1.29 is 31.5 Å². The molecular formula is C24H15F5N2O2. The van der Waals surface area contributed by atoms with Crippen LogP contribution in [0, 0.1) is 29.1 Å². The minimum absolute atomic E-state index is 0.0200. The van der Waals surface area contributed by atoms with E-state index in [1.54, 1.807) is 18.2 Å². The molecule has 0 atom stereocenters. The van der Waals surface area contributed by atoms with Crippen molar-refractivity contribution >= 4 is 34.2 Å². The Morgan fingerprint density at radius 3 is 2.27 bits per heavy atom. The highest BCUT2D eigenvalue weighted by atomic mass is 19.2. The predicted octanol–water partition coefficient (Wildman–Crippen LogP) is 5.91. The van der Waals surface area contributed by atoms with Gasteiger partial charge in [-0.15, -0.1) is 0 Å². The summed E-state index contributed by atoms with van der Waals surface area (Å²) in [5, 5.41) is 5.47. The fourth-order valence-electron chi connectivity index (χ4n) is 3.46. The molecule has 1 aliphatic rings. The third-order valence-corrected chi connectivity index (χ3v) is 5.04. The lowest BCUT2D eigenvalue weighted by Gasteiger charge is -2.15. The van der Waals surface area contributed by atoms with Gasteiger partial charge in [0.15, 0.2) is 23.3 Å². The van der Waals surface area contributed by atoms with Gasteiger partial charge in [-0.3, -0.25) is 4.79 Å². The number of rotatable bonds is 5. The Bertz CT molecular complexity index is 1350. The van der Waals surface area contributed by atoms with Crippen LogP contribution in [0.15, 0.2) is 59.7 Å². The third kappa shape index (κ3) is 3.65. The number of hydrogen-bond donors (Lipinski definition) is 0. The molecule has 0 bridgehead atoms. The van der Waals surface area contributed by atoms with Crippen LogP contribution in [0.1, 0.15) is 12.5 Å². The zero-order valence-electron chi connectivity index (χ0n) is 17.1. The molecule has 4 nitrogen and oxygen atoms in total. The van der Waals surface area contributed by atoms with Crippen LogP contribution in [0.3, 0.4) is 0 Å². The van der Waals surface area contributed by atoms with Crippen molar-refractivity contribution in [3.8, 4) is 5.75 Å². The van der Waals surface area contributed by atoms with E-state index in [0.717, 1.165) is 5.39 Å². The lowest BCUT2D eigenvalue weighted by molar-refractivity contribution is -0.114. The topological polar surface area (TPSA) is 41.9 Å². The number of anilines is 1. The van der Waals surface area contributed by atoms with Crippen molar-refractivity contribution in [3.05, 3.63) is 89.3 Å². The van der Waals surface area contributed by atoms with E-state index in [0.29, 0.717) is 16.7 Å². The maximum Gasteiger partial charge on any atom is 0.280 e. The van der Waals surface area contributed by atoms with Crippen molar-refractivity contribution in [2.24, 2.45) is 5.10 Å². The first-order chi connectivity index (χ1) is 15.8. The van der Waals surface area contributed by atoms with Crippen LogP contribution in [-0.2, 0) is 4.79 Å². The summed E-state index contributed by atoms with van der Waals surface area (Å²) < 4.78 is 75.0. The molecule has 33 heavy (non-hydrogen) atoms. The summed E-state index contributed by atoms with van der Waals surface area (Å²) in [4.78, 5) is 13.0. The molecule has 0 fully saturated rings. The molecule has 9 heteroatoms. The second-order valence-electron chi connectivity index (χ2n) is 7.08. The Hall–Kier alpha value is -4.01. The molecular weight excluding hydrogens is 443 g/mol. The first-order valence-corrected chi connectivity index (χ1v) is 9.64. The fourth-order valence-corrected chi connectivity index (χ4v) is 3.46. The standard InChI is InChI=1S/C24H15F5N2O2/c1-3-10-33-17-9-8-13-6-4-5-7-14(13)16(17)11-15-12(2)30-31(24(15)32)23-21(28)19(26)18(25)20(27)22(23)29/h3-9,11H,1,10H2,2H3/b15-11-. The van der Waals surface area contributed by atoms with Crippen LogP contribution in [-0.4, -0.2) is 18.2 Å². The van der Waals surface area contributed by atoms with E-state index in [1.165, 1.54) is 19.1 Å². The number of hydrazone groups is 1. The Morgan fingerprint density at radius 2 is 1.61 bits per heavy atom. The van der Waals surface area contributed by atoms with Crippen LogP contribution < -0.4 is 9.75 Å². The van der Waals surface area contributed by atoms with Crippen molar-refractivity contribution in [1.82, 2.24) is 0 Å². The van der Waals surface area contributed by atoms with Gasteiger partial charge < -0.3 is 4.74 Å². The highest BCUT2D eigenvalue weighted by molar-refractivity contribution is 6.32. The van der Waals surface area contributed by atoms with Gasteiger partial charge in [0.1, 0.15) is 18.0 Å². The van der Waals surface area contributed by atoms with E-state index >= 15 is 0 Å². The number of benzene rings is 3. The molecule has 3 aromatic carbocycles. The molecule has 0 aromatic heterocycles. The van der Waals surface area contributed by atoms with Crippen LogP contribution in [0.2, 0.25) is 0 Å². The van der Waals surface area contributed by atoms with Gasteiger partial charge in [-0.05, 0) is 29.8 Å². The number of halogens is 5. The molecule has 0 saturated heterocycles. The number of hydrogen-bond acceptors (Lipinski definition) is 3. The molecule has 1 aliphatic heterocycles. The maximum atomic E-state index is 14.3. The van der Waals surface area contributed by atoms with Gasteiger partial charge in [-0.2, -0.15) is 10.1 Å². The first-order valence-electron chi connectivity index (χ1n) is 9.64. The highest BCUT2D eigenvalue weighted by Crippen LogP contribution is 2.36. The Balaban J connectivity index is 1.87. The summed E-state index contributed by atoms with van der Waals surface area (Å²) in [7, 11) is 0. The summed E-state index contributed by atoms with van der Waals surface area (Å²) in [6.07, 6.45) is 2.94. The lowest BCUT2D eigenvalue weighted by Crippen LogP contribution is -2.25. The van der Waals surface area contributed by atoms with Crippen LogP contribution in [0.5, 0.6) is 5.75 Å². The van der Waals surface area contributed by atoms with Crippen LogP contribution >= 0.6 is 0 Å². The van der Waals surface area contributed by atoms with E-state index in [9.17, 15) is 26.7 Å². The molecule has 0 radical (unpaired) electrons. The predicted molar refractivity (Wildman–Crippen MR) is 114 cm³/mol. The second-order valence-corrected chi connectivity index (χ2v) is 7.08.